The van der Waals surface area contributed by atoms with E-state index in [1.807, 2.05) is 6.92 Å². The van der Waals surface area contributed by atoms with Gasteiger partial charge in [0.25, 0.3) is 5.69 Å². The molecule has 0 amide bonds. The molecule has 2 aromatic rings. The van der Waals surface area contributed by atoms with E-state index in [4.69, 9.17) is 4.74 Å². The van der Waals surface area contributed by atoms with Gasteiger partial charge in [-0.25, -0.2) is 4.98 Å². The number of pyridine rings is 1. The maximum Gasteiger partial charge on any atom is 0.273 e. The molecule has 0 N–H and O–H groups in total. The monoisotopic (exact) mass is 386 g/mol. The molecule has 0 saturated carbocycles. The van der Waals surface area contributed by atoms with Crippen molar-refractivity contribution in [1.29, 1.82) is 0 Å². The summed E-state index contributed by atoms with van der Waals surface area (Å²) in [5.41, 5.74) is 0.929. The summed E-state index contributed by atoms with van der Waals surface area (Å²) >= 11 is 6.63. The molecule has 7 heteroatoms. The van der Waals surface area contributed by atoms with E-state index in [-0.39, 0.29) is 5.69 Å². The maximum absolute atomic E-state index is 10.7. The van der Waals surface area contributed by atoms with Crippen molar-refractivity contribution in [2.45, 2.75) is 6.92 Å². The van der Waals surface area contributed by atoms with Gasteiger partial charge in [-0.05, 0) is 50.4 Å². The fourth-order valence-electron chi connectivity index (χ4n) is 1.37. The highest BCUT2D eigenvalue weighted by Crippen LogP contribution is 2.33. The molecule has 98 valence electrons. The third kappa shape index (κ3) is 3.30. The Bertz CT molecular complexity index is 647. The molecule has 2 rings (SSSR count). The Morgan fingerprint density at radius 1 is 1.26 bits per heavy atom. The summed E-state index contributed by atoms with van der Waals surface area (Å²) in [6.07, 6.45) is 1.62. The van der Waals surface area contributed by atoms with Crippen LogP contribution < -0.4 is 4.74 Å². The molecular weight excluding hydrogens is 380 g/mol. The van der Waals surface area contributed by atoms with Gasteiger partial charge in [0.1, 0.15) is 0 Å². The highest BCUT2D eigenvalue weighted by molar-refractivity contribution is 9.10. The normalized spacial score (nSPS) is 10.3. The summed E-state index contributed by atoms with van der Waals surface area (Å²) in [5, 5.41) is 10.7. The van der Waals surface area contributed by atoms with Crippen LogP contribution in [-0.2, 0) is 0 Å². The number of nitrogens with zero attached hydrogens (tertiary/aromatic N) is 2. The first-order chi connectivity index (χ1) is 8.97. The number of benzene rings is 1. The van der Waals surface area contributed by atoms with E-state index in [1.54, 1.807) is 18.3 Å². The van der Waals surface area contributed by atoms with Gasteiger partial charge in [0.15, 0.2) is 5.75 Å². The average molecular weight is 388 g/mol. The molecule has 1 aromatic heterocycles. The lowest BCUT2D eigenvalue weighted by Gasteiger charge is -2.07. The number of hydrogen-bond acceptors (Lipinski definition) is 4. The Kier molecular flexibility index (Phi) is 4.16. The molecule has 5 nitrogen and oxygen atoms in total. The van der Waals surface area contributed by atoms with Crippen molar-refractivity contribution in [3.63, 3.8) is 0 Å². The summed E-state index contributed by atoms with van der Waals surface area (Å²) in [5.74, 6) is 0.727. The van der Waals surface area contributed by atoms with Gasteiger partial charge in [0.05, 0.1) is 15.5 Å². The molecule has 0 unspecified atom stereocenters. The first-order valence-corrected chi connectivity index (χ1v) is 6.80. The molecule has 0 aliphatic carbocycles. The smallest absolute Gasteiger partial charge is 0.273 e. The molecule has 1 heterocycles. The van der Waals surface area contributed by atoms with Crippen molar-refractivity contribution in [2.75, 3.05) is 0 Å². The Balaban J connectivity index is 2.34. The van der Waals surface area contributed by atoms with E-state index in [9.17, 15) is 10.1 Å². The topological polar surface area (TPSA) is 65.3 Å². The third-order valence-corrected chi connectivity index (χ3v) is 3.85. The third-order valence-electron chi connectivity index (χ3n) is 2.36. The standard InChI is InChI=1S/C12H8Br2N2O3/c1-7-4-12(15-6-10(7)14)19-11-5-8(16(17)18)2-3-9(11)13/h2-6H,1H3. The van der Waals surface area contributed by atoms with Crippen LogP contribution in [0.1, 0.15) is 5.56 Å². The zero-order chi connectivity index (χ0) is 14.0. The minimum atomic E-state index is -0.473. The largest absolute Gasteiger partial charge is 0.438 e. The summed E-state index contributed by atoms with van der Waals surface area (Å²) in [7, 11) is 0. The molecule has 0 aliphatic rings. The molecule has 0 saturated heterocycles. The second-order valence-electron chi connectivity index (χ2n) is 3.75. The summed E-state index contributed by atoms with van der Waals surface area (Å²) in [6, 6.07) is 6.06. The number of aryl methyl sites for hydroxylation is 1. The van der Waals surface area contributed by atoms with Crippen LogP contribution in [0.3, 0.4) is 0 Å². The van der Waals surface area contributed by atoms with E-state index in [0.29, 0.717) is 16.1 Å². The zero-order valence-electron chi connectivity index (χ0n) is 9.76. The summed E-state index contributed by atoms with van der Waals surface area (Å²) in [4.78, 5) is 14.3. The van der Waals surface area contributed by atoms with Gasteiger partial charge in [-0.15, -0.1) is 0 Å². The second kappa shape index (κ2) is 5.66. The van der Waals surface area contributed by atoms with Crippen molar-refractivity contribution < 1.29 is 9.66 Å². The van der Waals surface area contributed by atoms with Gasteiger partial charge in [0, 0.05) is 22.8 Å². The molecule has 0 bridgehead atoms. The van der Waals surface area contributed by atoms with E-state index in [0.717, 1.165) is 10.0 Å². The maximum atomic E-state index is 10.7. The van der Waals surface area contributed by atoms with Crippen molar-refractivity contribution in [3.05, 3.63) is 55.1 Å². The number of hydrogen-bond donors (Lipinski definition) is 0. The first kappa shape index (κ1) is 14.0. The summed E-state index contributed by atoms with van der Waals surface area (Å²) in [6.45, 7) is 1.90. The van der Waals surface area contributed by atoms with Crippen molar-refractivity contribution in [2.24, 2.45) is 0 Å². The number of rotatable bonds is 3. The molecule has 0 spiro atoms. The highest BCUT2D eigenvalue weighted by atomic mass is 79.9. The van der Waals surface area contributed by atoms with Crippen LogP contribution in [0.4, 0.5) is 5.69 Å². The minimum absolute atomic E-state index is 0.0352. The van der Waals surface area contributed by atoms with Crippen LogP contribution in [0.15, 0.2) is 39.4 Å². The Morgan fingerprint density at radius 3 is 2.63 bits per heavy atom. The van der Waals surface area contributed by atoms with E-state index < -0.39 is 4.92 Å². The van der Waals surface area contributed by atoms with Crippen LogP contribution in [0.5, 0.6) is 11.6 Å². The Hall–Kier alpha value is -1.47. The quantitative estimate of drug-likeness (QED) is 0.569. The van der Waals surface area contributed by atoms with Crippen LogP contribution in [0, 0.1) is 17.0 Å². The van der Waals surface area contributed by atoms with Gasteiger partial charge in [-0.1, -0.05) is 0 Å². The van der Waals surface area contributed by atoms with Crippen LogP contribution in [-0.4, -0.2) is 9.91 Å². The first-order valence-electron chi connectivity index (χ1n) is 5.21. The molecule has 19 heavy (non-hydrogen) atoms. The van der Waals surface area contributed by atoms with E-state index in [1.165, 1.54) is 12.1 Å². The van der Waals surface area contributed by atoms with Crippen LogP contribution in [0.25, 0.3) is 0 Å². The predicted octanol–water partition coefficient (Wildman–Crippen LogP) is 4.62. The van der Waals surface area contributed by atoms with Gasteiger partial charge in [0.2, 0.25) is 5.88 Å². The fourth-order valence-corrected chi connectivity index (χ4v) is 1.91. The number of nitro groups is 1. The van der Waals surface area contributed by atoms with Gasteiger partial charge < -0.3 is 4.74 Å². The molecule has 0 radical (unpaired) electrons. The molecule has 0 aliphatic heterocycles. The van der Waals surface area contributed by atoms with Gasteiger partial charge >= 0.3 is 0 Å². The summed E-state index contributed by atoms with van der Waals surface area (Å²) < 4.78 is 7.05. The zero-order valence-corrected chi connectivity index (χ0v) is 12.9. The Labute approximate surface area is 126 Å². The highest BCUT2D eigenvalue weighted by Gasteiger charge is 2.12. The number of halogens is 2. The molecule has 1 aromatic carbocycles. The van der Waals surface area contributed by atoms with E-state index in [2.05, 4.69) is 36.8 Å². The van der Waals surface area contributed by atoms with Crippen molar-refractivity contribution in [3.8, 4) is 11.6 Å². The lowest BCUT2D eigenvalue weighted by atomic mass is 10.3. The van der Waals surface area contributed by atoms with Crippen molar-refractivity contribution in [1.82, 2.24) is 4.98 Å². The van der Waals surface area contributed by atoms with Gasteiger partial charge in [-0.3, -0.25) is 10.1 Å². The molecule has 0 fully saturated rings. The van der Waals surface area contributed by atoms with Crippen LogP contribution in [0.2, 0.25) is 0 Å². The van der Waals surface area contributed by atoms with Crippen molar-refractivity contribution >= 4 is 37.5 Å². The number of ether oxygens (including phenoxy) is 1. The lowest BCUT2D eigenvalue weighted by Crippen LogP contribution is -1.93. The minimum Gasteiger partial charge on any atom is -0.438 e. The Morgan fingerprint density at radius 2 is 2.00 bits per heavy atom. The predicted molar refractivity (Wildman–Crippen MR) is 77.5 cm³/mol. The number of non-ortho nitro benzene ring substituents is 1. The van der Waals surface area contributed by atoms with Crippen LogP contribution >= 0.6 is 31.9 Å². The van der Waals surface area contributed by atoms with E-state index >= 15 is 0 Å². The second-order valence-corrected chi connectivity index (χ2v) is 5.45. The SMILES string of the molecule is Cc1cc(Oc2cc([N+](=O)[O-])ccc2Br)ncc1Br. The lowest BCUT2D eigenvalue weighted by molar-refractivity contribution is -0.384. The molecular formula is C12H8Br2N2O3. The number of aromatic nitrogens is 1. The average Bonchev–Trinajstić information content (AvgIpc) is 2.36. The fraction of sp³-hybridized carbons (Fsp3) is 0.0833. The van der Waals surface area contributed by atoms with Gasteiger partial charge in [-0.2, -0.15) is 0 Å². The molecule has 0 atom stereocenters. The number of nitro benzene ring substituents is 1.